The third kappa shape index (κ3) is 5.47. The van der Waals surface area contributed by atoms with Crippen LogP contribution in [0.3, 0.4) is 0 Å². The fourth-order valence-corrected chi connectivity index (χ4v) is 3.95. The van der Waals surface area contributed by atoms with Gasteiger partial charge >= 0.3 is 0 Å². The van der Waals surface area contributed by atoms with Gasteiger partial charge in [0.25, 0.3) is 5.69 Å². The second-order valence-electron chi connectivity index (χ2n) is 8.06. The number of hydrogen-bond donors (Lipinski definition) is 0. The minimum Gasteiger partial charge on any atom is -0.353 e. The van der Waals surface area contributed by atoms with Crippen molar-refractivity contribution in [1.29, 1.82) is 0 Å². The number of benzene rings is 1. The quantitative estimate of drug-likeness (QED) is 0.421. The minimum atomic E-state index is -0.457. The monoisotopic (exact) mass is 414 g/mol. The zero-order chi connectivity index (χ0) is 21.0. The highest BCUT2D eigenvalue weighted by Crippen LogP contribution is 2.26. The highest BCUT2D eigenvalue weighted by atomic mass is 32.2. The molecular formula is C21H26N4O3S. The Labute approximate surface area is 175 Å². The van der Waals surface area contributed by atoms with Gasteiger partial charge in [-0.2, -0.15) is 0 Å². The lowest BCUT2D eigenvalue weighted by atomic mass is 9.87. The highest BCUT2D eigenvalue weighted by molar-refractivity contribution is 8.00. The van der Waals surface area contributed by atoms with Crippen molar-refractivity contribution in [2.75, 3.05) is 36.8 Å². The first kappa shape index (κ1) is 21.1. The van der Waals surface area contributed by atoms with Crippen LogP contribution in [-0.4, -0.2) is 52.6 Å². The molecule has 1 aromatic heterocycles. The number of pyridine rings is 1. The van der Waals surface area contributed by atoms with Crippen molar-refractivity contribution in [3.8, 4) is 0 Å². The molecule has 2 aromatic rings. The van der Waals surface area contributed by atoms with Crippen molar-refractivity contribution in [2.24, 2.45) is 0 Å². The molecule has 1 aliphatic heterocycles. The maximum atomic E-state index is 12.6. The number of rotatable bonds is 5. The van der Waals surface area contributed by atoms with Crippen LogP contribution in [-0.2, 0) is 10.2 Å². The van der Waals surface area contributed by atoms with Gasteiger partial charge < -0.3 is 9.80 Å². The summed E-state index contributed by atoms with van der Waals surface area (Å²) in [6.07, 6.45) is 1.27. The number of anilines is 1. The van der Waals surface area contributed by atoms with Crippen molar-refractivity contribution >= 4 is 29.2 Å². The fourth-order valence-electron chi connectivity index (χ4n) is 3.15. The van der Waals surface area contributed by atoms with Crippen LogP contribution in [0, 0.1) is 10.1 Å². The van der Waals surface area contributed by atoms with E-state index < -0.39 is 4.92 Å². The summed E-state index contributed by atoms with van der Waals surface area (Å²) in [5, 5.41) is 10.7. The number of carbonyl (C=O) groups is 1. The molecule has 0 radical (unpaired) electrons. The summed E-state index contributed by atoms with van der Waals surface area (Å²) in [6.45, 7) is 9.14. The summed E-state index contributed by atoms with van der Waals surface area (Å²) >= 11 is 1.56. The lowest BCUT2D eigenvalue weighted by Crippen LogP contribution is -2.49. The molecule has 0 aliphatic carbocycles. The number of amides is 1. The Morgan fingerprint density at radius 1 is 1.10 bits per heavy atom. The molecular weight excluding hydrogens is 388 g/mol. The van der Waals surface area contributed by atoms with Crippen LogP contribution in [0.1, 0.15) is 26.3 Å². The van der Waals surface area contributed by atoms with Crippen LogP contribution in [0.25, 0.3) is 0 Å². The van der Waals surface area contributed by atoms with E-state index in [4.69, 9.17) is 0 Å². The van der Waals surface area contributed by atoms with Crippen LogP contribution in [0.2, 0.25) is 0 Å². The smallest absolute Gasteiger partial charge is 0.287 e. The van der Waals surface area contributed by atoms with Crippen LogP contribution in [0.5, 0.6) is 0 Å². The molecule has 0 bridgehead atoms. The Balaban J connectivity index is 1.48. The Bertz CT molecular complexity index is 855. The predicted octanol–water partition coefficient (Wildman–Crippen LogP) is 3.73. The van der Waals surface area contributed by atoms with Crippen molar-refractivity contribution in [3.63, 3.8) is 0 Å². The summed E-state index contributed by atoms with van der Waals surface area (Å²) in [6, 6.07) is 11.5. The molecule has 0 unspecified atom stereocenters. The Morgan fingerprint density at radius 3 is 2.28 bits per heavy atom. The topological polar surface area (TPSA) is 79.6 Å². The third-order valence-corrected chi connectivity index (χ3v) is 5.98. The maximum Gasteiger partial charge on any atom is 0.287 e. The van der Waals surface area contributed by atoms with Gasteiger partial charge in [-0.3, -0.25) is 14.9 Å². The number of piperazine rings is 1. The van der Waals surface area contributed by atoms with E-state index in [2.05, 4.69) is 50.0 Å². The van der Waals surface area contributed by atoms with E-state index in [0.29, 0.717) is 37.7 Å². The number of nitro groups is 1. The van der Waals surface area contributed by atoms with Crippen molar-refractivity contribution < 1.29 is 9.72 Å². The fraction of sp³-hybridized carbons (Fsp3) is 0.429. The number of thioether (sulfide) groups is 1. The van der Waals surface area contributed by atoms with Crippen LogP contribution >= 0.6 is 11.8 Å². The molecule has 1 aliphatic rings. The van der Waals surface area contributed by atoms with Crippen molar-refractivity contribution in [2.45, 2.75) is 31.1 Å². The summed E-state index contributed by atoms with van der Waals surface area (Å²) in [5.74, 6) is 1.26. The van der Waals surface area contributed by atoms with Crippen LogP contribution in [0.15, 0.2) is 47.5 Å². The molecule has 1 aromatic carbocycles. The van der Waals surface area contributed by atoms with Gasteiger partial charge in [0.2, 0.25) is 5.91 Å². The standard InChI is InChI=1S/C21H26N4O3S/c1-21(2,3)16-4-7-18(8-5-16)29-15-20(26)24-12-10-23(11-13-24)19-9-6-17(14-22-19)25(27)28/h4-9,14H,10-13,15H2,1-3H3. The Kier molecular flexibility index (Phi) is 6.42. The van der Waals surface area contributed by atoms with Gasteiger partial charge in [0.1, 0.15) is 12.0 Å². The number of aromatic nitrogens is 1. The molecule has 154 valence electrons. The van der Waals surface area contributed by atoms with E-state index in [0.717, 1.165) is 4.90 Å². The second-order valence-corrected chi connectivity index (χ2v) is 9.11. The zero-order valence-electron chi connectivity index (χ0n) is 17.0. The lowest BCUT2D eigenvalue weighted by molar-refractivity contribution is -0.385. The van der Waals surface area contributed by atoms with Crippen molar-refractivity contribution in [1.82, 2.24) is 9.88 Å². The van der Waals surface area contributed by atoms with Gasteiger partial charge in [-0.05, 0) is 29.2 Å². The molecule has 1 fully saturated rings. The molecule has 8 heteroatoms. The highest BCUT2D eigenvalue weighted by Gasteiger charge is 2.22. The van der Waals surface area contributed by atoms with Crippen LogP contribution < -0.4 is 4.90 Å². The zero-order valence-corrected chi connectivity index (χ0v) is 17.8. The van der Waals surface area contributed by atoms with Gasteiger partial charge in [0.05, 0.1) is 10.7 Å². The van der Waals surface area contributed by atoms with E-state index in [1.54, 1.807) is 17.8 Å². The SMILES string of the molecule is CC(C)(C)c1ccc(SCC(=O)N2CCN(c3ccc([N+](=O)[O-])cn3)CC2)cc1. The van der Waals surface area contributed by atoms with Gasteiger partial charge in [-0.1, -0.05) is 32.9 Å². The second kappa shape index (κ2) is 8.82. The molecule has 1 amide bonds. The normalized spacial score (nSPS) is 14.7. The molecule has 3 rings (SSSR count). The average Bonchev–Trinajstić information content (AvgIpc) is 2.72. The molecule has 0 saturated carbocycles. The van der Waals surface area contributed by atoms with Crippen LogP contribution in [0.4, 0.5) is 11.5 Å². The van der Waals surface area contributed by atoms with E-state index in [1.165, 1.54) is 17.8 Å². The first-order valence-corrected chi connectivity index (χ1v) is 10.6. The molecule has 29 heavy (non-hydrogen) atoms. The van der Waals surface area contributed by atoms with E-state index in [1.807, 2.05) is 9.80 Å². The summed E-state index contributed by atoms with van der Waals surface area (Å²) in [4.78, 5) is 32.0. The van der Waals surface area contributed by atoms with E-state index in [9.17, 15) is 14.9 Å². The molecule has 2 heterocycles. The van der Waals surface area contributed by atoms with E-state index in [-0.39, 0.29) is 17.0 Å². The van der Waals surface area contributed by atoms with Gasteiger partial charge in [-0.15, -0.1) is 11.8 Å². The van der Waals surface area contributed by atoms with Gasteiger partial charge in [0, 0.05) is 37.1 Å². The first-order valence-electron chi connectivity index (χ1n) is 9.60. The predicted molar refractivity (Wildman–Crippen MR) is 116 cm³/mol. The number of nitrogens with zero attached hydrogens (tertiary/aromatic N) is 4. The number of hydrogen-bond acceptors (Lipinski definition) is 6. The lowest BCUT2D eigenvalue weighted by Gasteiger charge is -2.35. The van der Waals surface area contributed by atoms with Crippen molar-refractivity contribution in [3.05, 3.63) is 58.3 Å². The van der Waals surface area contributed by atoms with Gasteiger partial charge in [-0.25, -0.2) is 4.98 Å². The Morgan fingerprint density at radius 2 is 1.76 bits per heavy atom. The number of carbonyl (C=O) groups excluding carboxylic acids is 1. The minimum absolute atomic E-state index is 0.0184. The maximum absolute atomic E-state index is 12.6. The third-order valence-electron chi connectivity index (χ3n) is 4.98. The molecule has 0 N–H and O–H groups in total. The van der Waals surface area contributed by atoms with E-state index >= 15 is 0 Å². The average molecular weight is 415 g/mol. The molecule has 0 spiro atoms. The Hall–Kier alpha value is -2.61. The van der Waals surface area contributed by atoms with Gasteiger partial charge in [0.15, 0.2) is 0 Å². The largest absolute Gasteiger partial charge is 0.353 e. The first-order chi connectivity index (χ1) is 13.7. The summed E-state index contributed by atoms with van der Waals surface area (Å²) in [7, 11) is 0. The molecule has 1 saturated heterocycles. The molecule has 7 nitrogen and oxygen atoms in total. The summed E-state index contributed by atoms with van der Waals surface area (Å²) < 4.78 is 0. The molecule has 0 atom stereocenters. The summed E-state index contributed by atoms with van der Waals surface area (Å²) in [5.41, 5.74) is 1.39.